The summed E-state index contributed by atoms with van der Waals surface area (Å²) in [6.07, 6.45) is -8.16. The Kier molecular flexibility index (Phi) is 4.76. The highest BCUT2D eigenvalue weighted by atomic mass is 19.4. The summed E-state index contributed by atoms with van der Waals surface area (Å²) in [7, 11) is 0. The van der Waals surface area contributed by atoms with Crippen molar-refractivity contribution in [1.82, 2.24) is 0 Å². The summed E-state index contributed by atoms with van der Waals surface area (Å²) in [6, 6.07) is 0. The quantitative estimate of drug-likeness (QED) is 0.695. The second-order valence-corrected chi connectivity index (χ2v) is 2.48. The highest BCUT2D eigenvalue weighted by Gasteiger charge is 2.32. The van der Waals surface area contributed by atoms with E-state index >= 15 is 0 Å². The van der Waals surface area contributed by atoms with Gasteiger partial charge in [-0.2, -0.15) is 13.2 Å². The molecule has 0 radical (unpaired) electrons. The van der Waals surface area contributed by atoms with Crippen LogP contribution in [0, 0.1) is 0 Å². The molecule has 0 saturated heterocycles. The van der Waals surface area contributed by atoms with E-state index in [0.717, 1.165) is 0 Å². The van der Waals surface area contributed by atoms with E-state index in [1.54, 1.807) is 0 Å². The lowest BCUT2D eigenvalue weighted by Crippen LogP contribution is -2.23. The van der Waals surface area contributed by atoms with Crippen molar-refractivity contribution in [3.05, 3.63) is 0 Å². The molecule has 0 heterocycles. The number of aliphatic hydroxyl groups excluding tert-OH is 1. The first-order chi connectivity index (χ1) is 5.85. The maximum absolute atomic E-state index is 11.6. The first-order valence-electron chi connectivity index (χ1n) is 3.75. The van der Waals surface area contributed by atoms with Crippen LogP contribution < -0.4 is 0 Å². The Labute approximate surface area is 73.5 Å². The van der Waals surface area contributed by atoms with Gasteiger partial charge in [0.05, 0.1) is 25.6 Å². The van der Waals surface area contributed by atoms with Crippen LogP contribution >= 0.6 is 0 Å². The van der Waals surface area contributed by atoms with Crippen molar-refractivity contribution in [2.45, 2.75) is 32.0 Å². The second-order valence-electron chi connectivity index (χ2n) is 2.48. The van der Waals surface area contributed by atoms with Crippen LogP contribution in [0.2, 0.25) is 0 Å². The third kappa shape index (κ3) is 7.58. The maximum atomic E-state index is 11.6. The lowest BCUT2D eigenvalue weighted by Gasteiger charge is -2.11. The van der Waals surface area contributed by atoms with Gasteiger partial charge in [0, 0.05) is 0 Å². The Bertz CT molecular complexity index is 167. The number of halogens is 3. The van der Waals surface area contributed by atoms with Crippen LogP contribution in [0.15, 0.2) is 0 Å². The van der Waals surface area contributed by atoms with Gasteiger partial charge in [0.15, 0.2) is 0 Å². The van der Waals surface area contributed by atoms with Gasteiger partial charge >= 0.3 is 12.1 Å². The molecule has 0 rings (SSSR count). The first-order valence-corrected chi connectivity index (χ1v) is 3.75. The Morgan fingerprint density at radius 1 is 1.54 bits per heavy atom. The largest absolute Gasteiger partial charge is 0.466 e. The lowest BCUT2D eigenvalue weighted by molar-refractivity contribution is -0.161. The van der Waals surface area contributed by atoms with E-state index in [1.807, 2.05) is 0 Å². The number of hydrogen-bond donors (Lipinski definition) is 1. The Morgan fingerprint density at radius 3 is 2.46 bits per heavy atom. The topological polar surface area (TPSA) is 46.5 Å². The van der Waals surface area contributed by atoms with E-state index in [9.17, 15) is 18.0 Å². The van der Waals surface area contributed by atoms with Crippen molar-refractivity contribution in [3.8, 4) is 0 Å². The number of esters is 1. The molecule has 0 saturated carbocycles. The number of carbonyl (C=O) groups excluding carboxylic acids is 1. The smallest absolute Gasteiger partial charge is 0.391 e. The number of aliphatic hydroxyl groups is 1. The standard InChI is InChI=1S/C7H11F3O3/c1-2-13-6(12)3-5(11)4-7(8,9)10/h5,11H,2-4H2,1H3/t5-/m0/s1. The predicted octanol–water partition coefficient (Wildman–Crippen LogP) is 1.25. The molecule has 78 valence electrons. The van der Waals surface area contributed by atoms with Gasteiger partial charge in [0.25, 0.3) is 0 Å². The zero-order valence-electron chi connectivity index (χ0n) is 7.10. The minimum absolute atomic E-state index is 0.0948. The fraction of sp³-hybridized carbons (Fsp3) is 0.857. The molecule has 0 aliphatic rings. The average Bonchev–Trinajstić information content (AvgIpc) is 1.81. The maximum Gasteiger partial charge on any atom is 0.391 e. The van der Waals surface area contributed by atoms with E-state index < -0.39 is 31.1 Å². The van der Waals surface area contributed by atoms with Crippen molar-refractivity contribution < 1.29 is 27.8 Å². The number of hydrogen-bond acceptors (Lipinski definition) is 3. The molecule has 1 atom stereocenters. The average molecular weight is 200 g/mol. The summed E-state index contributed by atoms with van der Waals surface area (Å²) in [5, 5.41) is 8.76. The molecule has 1 N–H and O–H groups in total. The van der Waals surface area contributed by atoms with Gasteiger partial charge in [0.2, 0.25) is 0 Å². The van der Waals surface area contributed by atoms with Crippen LogP contribution in [0.5, 0.6) is 0 Å². The van der Waals surface area contributed by atoms with Crippen molar-refractivity contribution in [2.75, 3.05) is 6.61 Å². The van der Waals surface area contributed by atoms with E-state index in [0.29, 0.717) is 0 Å². The molecular formula is C7H11F3O3. The van der Waals surface area contributed by atoms with Crippen molar-refractivity contribution >= 4 is 5.97 Å². The third-order valence-electron chi connectivity index (χ3n) is 1.17. The van der Waals surface area contributed by atoms with Crippen LogP contribution in [0.25, 0.3) is 0 Å². The molecule has 6 heteroatoms. The number of rotatable bonds is 4. The number of carbonyl (C=O) groups is 1. The molecule has 0 spiro atoms. The van der Waals surface area contributed by atoms with Crippen molar-refractivity contribution in [1.29, 1.82) is 0 Å². The van der Waals surface area contributed by atoms with Crippen molar-refractivity contribution in [3.63, 3.8) is 0 Å². The van der Waals surface area contributed by atoms with Crippen LogP contribution in [-0.4, -0.2) is 30.0 Å². The molecule has 13 heavy (non-hydrogen) atoms. The Morgan fingerprint density at radius 2 is 2.08 bits per heavy atom. The van der Waals surface area contributed by atoms with E-state index in [-0.39, 0.29) is 6.61 Å². The van der Waals surface area contributed by atoms with Gasteiger partial charge in [-0.05, 0) is 6.92 Å². The van der Waals surface area contributed by atoms with E-state index in [4.69, 9.17) is 5.11 Å². The van der Waals surface area contributed by atoms with Gasteiger partial charge in [0.1, 0.15) is 0 Å². The molecule has 0 aromatic heterocycles. The molecule has 0 fully saturated rings. The molecule has 0 aromatic rings. The minimum atomic E-state index is -4.45. The molecule has 0 aliphatic heterocycles. The normalized spacial score (nSPS) is 13.9. The van der Waals surface area contributed by atoms with Gasteiger partial charge in [-0.3, -0.25) is 4.79 Å². The predicted molar refractivity (Wildman–Crippen MR) is 37.9 cm³/mol. The number of alkyl halides is 3. The van der Waals surface area contributed by atoms with Crippen LogP contribution in [-0.2, 0) is 9.53 Å². The van der Waals surface area contributed by atoms with Crippen LogP contribution in [0.4, 0.5) is 13.2 Å². The molecular weight excluding hydrogens is 189 g/mol. The van der Waals surface area contributed by atoms with Crippen molar-refractivity contribution in [2.24, 2.45) is 0 Å². The molecule has 3 nitrogen and oxygen atoms in total. The summed E-state index contributed by atoms with van der Waals surface area (Å²) in [5.74, 6) is -0.820. The number of ether oxygens (including phenoxy) is 1. The molecule has 0 bridgehead atoms. The summed E-state index contributed by atoms with van der Waals surface area (Å²) in [4.78, 5) is 10.6. The van der Waals surface area contributed by atoms with Gasteiger partial charge in [-0.15, -0.1) is 0 Å². The SMILES string of the molecule is CCOC(=O)C[C@H](O)CC(F)(F)F. The third-order valence-corrected chi connectivity index (χ3v) is 1.17. The Hall–Kier alpha value is -0.780. The zero-order valence-corrected chi connectivity index (χ0v) is 7.10. The molecule has 0 amide bonds. The summed E-state index contributed by atoms with van der Waals surface area (Å²) in [5.41, 5.74) is 0. The van der Waals surface area contributed by atoms with Crippen LogP contribution in [0.1, 0.15) is 19.8 Å². The van der Waals surface area contributed by atoms with Gasteiger partial charge in [-0.25, -0.2) is 0 Å². The highest BCUT2D eigenvalue weighted by molar-refractivity contribution is 5.69. The summed E-state index contributed by atoms with van der Waals surface area (Å²) < 4.78 is 39.3. The van der Waals surface area contributed by atoms with Gasteiger partial charge in [-0.1, -0.05) is 0 Å². The molecule has 0 aromatic carbocycles. The second kappa shape index (κ2) is 5.06. The fourth-order valence-electron chi connectivity index (χ4n) is 0.752. The molecule has 0 aliphatic carbocycles. The summed E-state index contributed by atoms with van der Waals surface area (Å²) in [6.45, 7) is 1.63. The molecule has 0 unspecified atom stereocenters. The first kappa shape index (κ1) is 12.2. The lowest BCUT2D eigenvalue weighted by atomic mass is 10.2. The van der Waals surface area contributed by atoms with Gasteiger partial charge < -0.3 is 9.84 Å². The monoisotopic (exact) mass is 200 g/mol. The summed E-state index contributed by atoms with van der Waals surface area (Å²) >= 11 is 0. The minimum Gasteiger partial charge on any atom is -0.466 e. The zero-order chi connectivity index (χ0) is 10.5. The fourth-order valence-corrected chi connectivity index (χ4v) is 0.752. The van der Waals surface area contributed by atoms with E-state index in [1.165, 1.54) is 6.92 Å². The Balaban J connectivity index is 3.74. The van der Waals surface area contributed by atoms with E-state index in [2.05, 4.69) is 4.74 Å². The highest BCUT2D eigenvalue weighted by Crippen LogP contribution is 2.22. The van der Waals surface area contributed by atoms with Crippen LogP contribution in [0.3, 0.4) is 0 Å².